The largest absolute Gasteiger partial charge is 0.490 e. The van der Waals surface area contributed by atoms with Gasteiger partial charge < -0.3 is 23.8 Å². The number of benzene rings is 3. The van der Waals surface area contributed by atoms with E-state index in [0.717, 1.165) is 26.9 Å². The van der Waals surface area contributed by atoms with E-state index < -0.39 is 0 Å². The molecule has 7 heteroatoms. The van der Waals surface area contributed by atoms with Gasteiger partial charge in [-0.1, -0.05) is 22.0 Å². The van der Waals surface area contributed by atoms with Gasteiger partial charge in [-0.05, 0) is 92.9 Å². The van der Waals surface area contributed by atoms with Crippen LogP contribution in [0.25, 0.3) is 0 Å². The van der Waals surface area contributed by atoms with Gasteiger partial charge in [0.05, 0.1) is 38.9 Å². The second kappa shape index (κ2) is 11.7. The van der Waals surface area contributed by atoms with Crippen LogP contribution < -0.4 is 23.8 Å². The highest BCUT2D eigenvalue weighted by molar-refractivity contribution is 9.10. The van der Waals surface area contributed by atoms with E-state index in [0.29, 0.717) is 49.4 Å². The van der Waals surface area contributed by atoms with Crippen LogP contribution in [0.4, 0.5) is 5.69 Å². The molecule has 0 saturated carbocycles. The SMILES string of the molecule is CCOc1ccc([C@H]2c3cc(OCC)c(OCC)cc3CC(=O)N2c2ccc(Br)cc2)cc1OCC. The Labute approximate surface area is 221 Å². The van der Waals surface area contributed by atoms with E-state index in [1.165, 1.54) is 0 Å². The standard InChI is InChI=1S/C29H32BrNO5/c1-5-33-24-14-9-19(15-25(24)34-6-2)29-23-18-27(36-8-4)26(35-7-3)16-20(23)17-28(32)31(29)22-12-10-21(30)11-13-22/h9-16,18,29H,5-8,17H2,1-4H3/t29-/m0/s1. The molecule has 1 atom stereocenters. The lowest BCUT2D eigenvalue weighted by molar-refractivity contribution is -0.118. The van der Waals surface area contributed by atoms with Crippen LogP contribution >= 0.6 is 15.9 Å². The summed E-state index contributed by atoms with van der Waals surface area (Å²) < 4.78 is 24.5. The van der Waals surface area contributed by atoms with Gasteiger partial charge in [-0.15, -0.1) is 0 Å². The van der Waals surface area contributed by atoms with Gasteiger partial charge in [0.15, 0.2) is 23.0 Å². The third kappa shape index (κ3) is 5.31. The van der Waals surface area contributed by atoms with Crippen molar-refractivity contribution < 1.29 is 23.7 Å². The van der Waals surface area contributed by atoms with Crippen LogP contribution in [0.2, 0.25) is 0 Å². The second-order valence-corrected chi connectivity index (χ2v) is 9.17. The average Bonchev–Trinajstić information content (AvgIpc) is 2.86. The van der Waals surface area contributed by atoms with Crippen LogP contribution in [0.5, 0.6) is 23.0 Å². The molecule has 0 spiro atoms. The van der Waals surface area contributed by atoms with Crippen LogP contribution in [-0.4, -0.2) is 32.3 Å². The topological polar surface area (TPSA) is 57.2 Å². The number of fused-ring (bicyclic) bond motifs is 1. The number of carbonyl (C=O) groups is 1. The maximum atomic E-state index is 13.7. The molecular weight excluding hydrogens is 522 g/mol. The van der Waals surface area contributed by atoms with Crippen molar-refractivity contribution in [3.63, 3.8) is 0 Å². The fourth-order valence-electron chi connectivity index (χ4n) is 4.55. The number of anilines is 1. The summed E-state index contributed by atoms with van der Waals surface area (Å²) in [5.74, 6) is 2.67. The van der Waals surface area contributed by atoms with Crippen molar-refractivity contribution in [3.05, 3.63) is 75.8 Å². The summed E-state index contributed by atoms with van der Waals surface area (Å²) in [5.41, 5.74) is 3.66. The summed E-state index contributed by atoms with van der Waals surface area (Å²) in [4.78, 5) is 15.5. The van der Waals surface area contributed by atoms with Gasteiger partial charge in [0, 0.05) is 10.2 Å². The van der Waals surface area contributed by atoms with E-state index in [9.17, 15) is 4.79 Å². The van der Waals surface area contributed by atoms with Crippen molar-refractivity contribution in [1.29, 1.82) is 0 Å². The number of hydrogen-bond acceptors (Lipinski definition) is 5. The molecule has 0 unspecified atom stereocenters. The lowest BCUT2D eigenvalue weighted by Gasteiger charge is -2.38. The summed E-state index contributed by atoms with van der Waals surface area (Å²) in [7, 11) is 0. The van der Waals surface area contributed by atoms with E-state index >= 15 is 0 Å². The molecule has 3 aromatic rings. The minimum Gasteiger partial charge on any atom is -0.490 e. The Hall–Kier alpha value is -3.19. The van der Waals surface area contributed by atoms with Crippen molar-refractivity contribution in [3.8, 4) is 23.0 Å². The zero-order chi connectivity index (χ0) is 25.7. The molecule has 36 heavy (non-hydrogen) atoms. The molecule has 0 fully saturated rings. The molecule has 1 heterocycles. The van der Waals surface area contributed by atoms with Crippen LogP contribution in [0.1, 0.15) is 50.4 Å². The maximum absolute atomic E-state index is 13.7. The molecule has 0 bridgehead atoms. The highest BCUT2D eigenvalue weighted by Crippen LogP contribution is 2.45. The molecule has 0 radical (unpaired) electrons. The Morgan fingerprint density at radius 1 is 0.750 bits per heavy atom. The van der Waals surface area contributed by atoms with E-state index in [2.05, 4.69) is 15.9 Å². The molecule has 0 saturated heterocycles. The van der Waals surface area contributed by atoms with Crippen molar-refractivity contribution >= 4 is 27.5 Å². The number of rotatable bonds is 10. The molecule has 1 amide bonds. The van der Waals surface area contributed by atoms with Crippen molar-refractivity contribution in [1.82, 2.24) is 0 Å². The quantitative estimate of drug-likeness (QED) is 0.279. The first kappa shape index (κ1) is 25.9. The predicted octanol–water partition coefficient (Wildman–Crippen LogP) is 6.72. The first-order valence-corrected chi connectivity index (χ1v) is 13.2. The van der Waals surface area contributed by atoms with Crippen molar-refractivity contribution in [2.24, 2.45) is 0 Å². The molecule has 0 aliphatic carbocycles. The zero-order valence-electron chi connectivity index (χ0n) is 21.2. The first-order valence-electron chi connectivity index (χ1n) is 12.4. The Kier molecular flexibility index (Phi) is 8.41. The second-order valence-electron chi connectivity index (χ2n) is 8.26. The Morgan fingerprint density at radius 2 is 1.31 bits per heavy atom. The molecule has 0 aromatic heterocycles. The van der Waals surface area contributed by atoms with Gasteiger partial charge in [0.25, 0.3) is 0 Å². The average molecular weight is 554 g/mol. The predicted molar refractivity (Wildman–Crippen MR) is 145 cm³/mol. The van der Waals surface area contributed by atoms with Crippen LogP contribution in [0.3, 0.4) is 0 Å². The number of carbonyl (C=O) groups excluding carboxylic acids is 1. The summed E-state index contributed by atoms with van der Waals surface area (Å²) in [6.07, 6.45) is 0.268. The molecule has 6 nitrogen and oxygen atoms in total. The Balaban J connectivity index is 1.93. The van der Waals surface area contributed by atoms with Gasteiger partial charge in [-0.25, -0.2) is 0 Å². The van der Waals surface area contributed by atoms with Crippen molar-refractivity contribution in [2.45, 2.75) is 40.2 Å². The number of ether oxygens (including phenoxy) is 4. The smallest absolute Gasteiger partial charge is 0.232 e. The Bertz CT molecular complexity index is 1210. The maximum Gasteiger partial charge on any atom is 0.232 e. The molecule has 1 aliphatic rings. The van der Waals surface area contributed by atoms with Gasteiger partial charge in [0.1, 0.15) is 0 Å². The highest BCUT2D eigenvalue weighted by atomic mass is 79.9. The normalized spacial score (nSPS) is 14.9. The third-order valence-electron chi connectivity index (χ3n) is 5.96. The zero-order valence-corrected chi connectivity index (χ0v) is 22.8. The molecule has 190 valence electrons. The van der Waals surface area contributed by atoms with Crippen LogP contribution in [0.15, 0.2) is 59.1 Å². The van der Waals surface area contributed by atoms with E-state index in [1.54, 1.807) is 0 Å². The summed E-state index contributed by atoms with van der Waals surface area (Å²) in [6.45, 7) is 9.84. The highest BCUT2D eigenvalue weighted by Gasteiger charge is 2.36. The minimum atomic E-state index is -0.382. The van der Waals surface area contributed by atoms with Gasteiger partial charge in [-0.3, -0.25) is 4.79 Å². The fourth-order valence-corrected chi connectivity index (χ4v) is 4.82. The molecule has 3 aromatic carbocycles. The first-order chi connectivity index (χ1) is 17.5. The van der Waals surface area contributed by atoms with Crippen molar-refractivity contribution in [2.75, 3.05) is 31.3 Å². The van der Waals surface area contributed by atoms with Gasteiger partial charge >= 0.3 is 0 Å². The Morgan fingerprint density at radius 3 is 1.92 bits per heavy atom. The van der Waals surface area contributed by atoms with Gasteiger partial charge in [-0.2, -0.15) is 0 Å². The lowest BCUT2D eigenvalue weighted by Crippen LogP contribution is -2.41. The van der Waals surface area contributed by atoms with E-state index in [4.69, 9.17) is 18.9 Å². The van der Waals surface area contributed by atoms with Gasteiger partial charge in [0.2, 0.25) is 5.91 Å². The summed E-state index contributed by atoms with van der Waals surface area (Å²) in [5, 5.41) is 0. The molecule has 1 aliphatic heterocycles. The number of halogens is 1. The molecule has 0 N–H and O–H groups in total. The summed E-state index contributed by atoms with van der Waals surface area (Å²) >= 11 is 3.51. The summed E-state index contributed by atoms with van der Waals surface area (Å²) in [6, 6.07) is 17.3. The van der Waals surface area contributed by atoms with Crippen LogP contribution in [0, 0.1) is 0 Å². The molecular formula is C29H32BrNO5. The molecule has 4 rings (SSSR count). The van der Waals surface area contributed by atoms with E-state index in [1.807, 2.05) is 87.2 Å². The van der Waals surface area contributed by atoms with E-state index in [-0.39, 0.29) is 18.4 Å². The van der Waals surface area contributed by atoms with Crippen LogP contribution in [-0.2, 0) is 11.2 Å². The third-order valence-corrected chi connectivity index (χ3v) is 6.49. The monoisotopic (exact) mass is 553 g/mol. The number of hydrogen-bond donors (Lipinski definition) is 0. The fraction of sp³-hybridized carbons (Fsp3) is 0.345. The number of nitrogens with zero attached hydrogens (tertiary/aromatic N) is 1. The number of amides is 1. The minimum absolute atomic E-state index is 0.00766. The lowest BCUT2D eigenvalue weighted by atomic mass is 9.86.